The highest BCUT2D eigenvalue weighted by atomic mass is 32.2. The summed E-state index contributed by atoms with van der Waals surface area (Å²) in [5.41, 5.74) is 3.14. The van der Waals surface area contributed by atoms with E-state index in [9.17, 15) is 4.79 Å². The number of aromatic nitrogens is 4. The molecule has 130 valence electrons. The van der Waals surface area contributed by atoms with Crippen molar-refractivity contribution in [3.05, 3.63) is 51.7 Å². The van der Waals surface area contributed by atoms with Crippen LogP contribution in [0.5, 0.6) is 0 Å². The number of benzene rings is 1. The molecule has 0 saturated carbocycles. The standard InChI is InChI=1S/C17H19N5OS2/c1-11-6-4-7-12(2)16(11)22-17(19-20-21-22)25-10-15(23)18-13(3)14-8-5-9-24-14/h4-9,13H,10H2,1-3H3,(H,18,23)/t13-/m1/s1. The van der Waals surface area contributed by atoms with E-state index in [2.05, 4.69) is 20.8 Å². The number of nitrogens with zero attached hydrogens (tertiary/aromatic N) is 4. The van der Waals surface area contributed by atoms with Crippen LogP contribution in [-0.2, 0) is 4.79 Å². The molecule has 1 atom stereocenters. The van der Waals surface area contributed by atoms with Gasteiger partial charge in [-0.25, -0.2) is 0 Å². The number of hydrogen-bond acceptors (Lipinski definition) is 6. The monoisotopic (exact) mass is 373 g/mol. The lowest BCUT2D eigenvalue weighted by Gasteiger charge is -2.12. The lowest BCUT2D eigenvalue weighted by atomic mass is 10.1. The van der Waals surface area contributed by atoms with E-state index in [4.69, 9.17) is 0 Å². The van der Waals surface area contributed by atoms with Crippen LogP contribution in [0.3, 0.4) is 0 Å². The molecule has 0 saturated heterocycles. The third-order valence-electron chi connectivity index (χ3n) is 3.77. The molecule has 25 heavy (non-hydrogen) atoms. The maximum atomic E-state index is 12.2. The van der Waals surface area contributed by atoms with Crippen molar-refractivity contribution in [2.24, 2.45) is 0 Å². The second-order valence-corrected chi connectivity index (χ2v) is 7.63. The van der Waals surface area contributed by atoms with Gasteiger partial charge >= 0.3 is 0 Å². The number of thioether (sulfide) groups is 1. The van der Waals surface area contributed by atoms with Crippen LogP contribution in [-0.4, -0.2) is 31.9 Å². The number of aryl methyl sites for hydroxylation is 2. The highest BCUT2D eigenvalue weighted by molar-refractivity contribution is 7.99. The van der Waals surface area contributed by atoms with Gasteiger partial charge in [-0.15, -0.1) is 16.4 Å². The van der Waals surface area contributed by atoms with Gasteiger partial charge in [0.2, 0.25) is 11.1 Å². The molecular weight excluding hydrogens is 354 g/mol. The van der Waals surface area contributed by atoms with Crippen molar-refractivity contribution in [2.45, 2.75) is 32.0 Å². The summed E-state index contributed by atoms with van der Waals surface area (Å²) < 4.78 is 1.70. The minimum atomic E-state index is -0.0399. The van der Waals surface area contributed by atoms with Gasteiger partial charge in [0.1, 0.15) is 0 Å². The van der Waals surface area contributed by atoms with Gasteiger partial charge in [-0.05, 0) is 53.8 Å². The second-order valence-electron chi connectivity index (χ2n) is 5.71. The summed E-state index contributed by atoms with van der Waals surface area (Å²) in [5, 5.41) is 17.5. The first kappa shape index (κ1) is 17.6. The van der Waals surface area contributed by atoms with Crippen LogP contribution in [0.1, 0.15) is 29.0 Å². The summed E-state index contributed by atoms with van der Waals surface area (Å²) in [7, 11) is 0. The second kappa shape index (κ2) is 7.79. The van der Waals surface area contributed by atoms with Gasteiger partial charge in [0, 0.05) is 4.88 Å². The molecule has 1 N–H and O–H groups in total. The average molecular weight is 374 g/mol. The van der Waals surface area contributed by atoms with Crippen LogP contribution < -0.4 is 5.32 Å². The third kappa shape index (κ3) is 4.08. The van der Waals surface area contributed by atoms with Gasteiger partial charge in [-0.1, -0.05) is 36.0 Å². The van der Waals surface area contributed by atoms with Crippen LogP contribution in [0.15, 0.2) is 40.9 Å². The van der Waals surface area contributed by atoms with Crippen molar-refractivity contribution in [3.63, 3.8) is 0 Å². The molecule has 2 aromatic heterocycles. The summed E-state index contributed by atoms with van der Waals surface area (Å²) >= 11 is 2.97. The number of tetrazole rings is 1. The van der Waals surface area contributed by atoms with E-state index in [0.717, 1.165) is 21.7 Å². The van der Waals surface area contributed by atoms with Crippen molar-refractivity contribution < 1.29 is 4.79 Å². The fourth-order valence-corrected chi connectivity index (χ4v) is 3.99. The number of carbonyl (C=O) groups excluding carboxylic acids is 1. The molecule has 0 aliphatic rings. The molecule has 1 aromatic carbocycles. The van der Waals surface area contributed by atoms with Crippen molar-refractivity contribution in [3.8, 4) is 5.69 Å². The molecular formula is C17H19N5OS2. The Kier molecular flexibility index (Phi) is 5.50. The molecule has 0 spiro atoms. The first-order valence-corrected chi connectivity index (χ1v) is 9.73. The molecule has 8 heteroatoms. The maximum Gasteiger partial charge on any atom is 0.230 e. The molecule has 0 unspecified atom stereocenters. The van der Waals surface area contributed by atoms with Crippen molar-refractivity contribution in [2.75, 3.05) is 5.75 Å². The topological polar surface area (TPSA) is 72.7 Å². The van der Waals surface area contributed by atoms with Crippen LogP contribution in [0.25, 0.3) is 5.69 Å². The summed E-state index contributed by atoms with van der Waals surface area (Å²) in [6, 6.07) is 10.1. The zero-order valence-corrected chi connectivity index (χ0v) is 15.9. The first-order chi connectivity index (χ1) is 12.1. The lowest BCUT2D eigenvalue weighted by molar-refractivity contribution is -0.119. The molecule has 1 amide bonds. The molecule has 6 nitrogen and oxygen atoms in total. The Morgan fingerprint density at radius 3 is 2.72 bits per heavy atom. The number of hydrogen-bond donors (Lipinski definition) is 1. The zero-order valence-electron chi connectivity index (χ0n) is 14.3. The lowest BCUT2D eigenvalue weighted by Crippen LogP contribution is -2.27. The Morgan fingerprint density at radius 2 is 2.04 bits per heavy atom. The minimum Gasteiger partial charge on any atom is -0.348 e. The molecule has 3 aromatic rings. The van der Waals surface area contributed by atoms with Crippen LogP contribution in [0.2, 0.25) is 0 Å². The Bertz CT molecular complexity index is 840. The maximum absolute atomic E-state index is 12.2. The van der Waals surface area contributed by atoms with E-state index in [-0.39, 0.29) is 17.7 Å². The molecule has 0 bridgehead atoms. The normalized spacial score (nSPS) is 12.1. The van der Waals surface area contributed by atoms with Crippen molar-refractivity contribution >= 4 is 29.0 Å². The average Bonchev–Trinajstić information content (AvgIpc) is 3.25. The zero-order chi connectivity index (χ0) is 17.8. The molecule has 0 aliphatic carbocycles. The molecule has 0 aliphatic heterocycles. The predicted molar refractivity (Wildman–Crippen MR) is 100 cm³/mol. The number of para-hydroxylation sites is 1. The largest absolute Gasteiger partial charge is 0.348 e. The SMILES string of the molecule is Cc1cccc(C)c1-n1nnnc1SCC(=O)N[C@H](C)c1cccs1. The van der Waals surface area contributed by atoms with E-state index in [1.807, 2.05) is 56.5 Å². The Hall–Kier alpha value is -2.19. The van der Waals surface area contributed by atoms with E-state index in [1.165, 1.54) is 11.8 Å². The van der Waals surface area contributed by atoms with Crippen molar-refractivity contribution in [1.82, 2.24) is 25.5 Å². The Balaban J connectivity index is 1.67. The Labute approximate surface area is 154 Å². The van der Waals surface area contributed by atoms with Crippen LogP contribution >= 0.6 is 23.1 Å². The summed E-state index contributed by atoms with van der Waals surface area (Å²) in [6.07, 6.45) is 0. The van der Waals surface area contributed by atoms with Gasteiger partial charge in [-0.2, -0.15) is 4.68 Å². The van der Waals surface area contributed by atoms with Gasteiger partial charge in [0.25, 0.3) is 0 Å². The minimum absolute atomic E-state index is 0.00251. The number of rotatable bonds is 6. The van der Waals surface area contributed by atoms with Crippen LogP contribution in [0.4, 0.5) is 0 Å². The number of thiophene rings is 1. The number of amides is 1. The summed E-state index contributed by atoms with van der Waals surface area (Å²) in [4.78, 5) is 13.4. The van der Waals surface area contributed by atoms with E-state index in [1.54, 1.807) is 16.0 Å². The fraction of sp³-hybridized carbons (Fsp3) is 0.294. The third-order valence-corrected chi connectivity index (χ3v) is 5.75. The fourth-order valence-electron chi connectivity index (χ4n) is 2.57. The predicted octanol–water partition coefficient (Wildman–Crippen LogP) is 3.31. The van der Waals surface area contributed by atoms with Crippen molar-refractivity contribution in [1.29, 1.82) is 0 Å². The Morgan fingerprint density at radius 1 is 1.28 bits per heavy atom. The molecule has 2 heterocycles. The molecule has 0 radical (unpaired) electrons. The van der Waals surface area contributed by atoms with E-state index < -0.39 is 0 Å². The summed E-state index contributed by atoms with van der Waals surface area (Å²) in [6.45, 7) is 6.02. The van der Waals surface area contributed by atoms with Gasteiger partial charge in [0.05, 0.1) is 17.5 Å². The van der Waals surface area contributed by atoms with Gasteiger partial charge in [0.15, 0.2) is 0 Å². The van der Waals surface area contributed by atoms with Gasteiger partial charge in [-0.3, -0.25) is 4.79 Å². The highest BCUT2D eigenvalue weighted by Gasteiger charge is 2.16. The summed E-state index contributed by atoms with van der Waals surface area (Å²) in [5.74, 6) is 0.225. The highest BCUT2D eigenvalue weighted by Crippen LogP contribution is 2.24. The van der Waals surface area contributed by atoms with E-state index >= 15 is 0 Å². The quantitative estimate of drug-likeness (QED) is 0.671. The number of nitrogens with one attached hydrogen (secondary N) is 1. The molecule has 3 rings (SSSR count). The van der Waals surface area contributed by atoms with Crippen LogP contribution in [0, 0.1) is 13.8 Å². The first-order valence-electron chi connectivity index (χ1n) is 7.87. The molecule has 0 fully saturated rings. The number of carbonyl (C=O) groups is 1. The smallest absolute Gasteiger partial charge is 0.230 e. The van der Waals surface area contributed by atoms with E-state index in [0.29, 0.717) is 5.16 Å². The van der Waals surface area contributed by atoms with Gasteiger partial charge < -0.3 is 5.32 Å².